The SMILES string of the molecule is CCOc1cc2occ(-c3ccc(Cl)cc3)c2cc1/C(C)=C/C(=O)Nc1nc2ccccc2s1. The number of thiazole rings is 1. The van der Waals surface area contributed by atoms with Gasteiger partial charge in [-0.15, -0.1) is 0 Å². The van der Waals surface area contributed by atoms with Crippen molar-refractivity contribution in [3.05, 3.63) is 83.6 Å². The second-order valence-electron chi connectivity index (χ2n) is 7.74. The van der Waals surface area contributed by atoms with Crippen molar-refractivity contribution in [1.29, 1.82) is 0 Å². The Hall–Kier alpha value is -3.61. The fraction of sp³-hybridized carbons (Fsp3) is 0.111. The van der Waals surface area contributed by atoms with Crippen molar-refractivity contribution in [2.24, 2.45) is 0 Å². The van der Waals surface area contributed by atoms with E-state index in [9.17, 15) is 4.79 Å². The average molecular weight is 489 g/mol. The third-order valence-electron chi connectivity index (χ3n) is 5.43. The Labute approximate surface area is 205 Å². The Morgan fingerprint density at radius 3 is 2.74 bits per heavy atom. The molecule has 5 nitrogen and oxygen atoms in total. The summed E-state index contributed by atoms with van der Waals surface area (Å²) in [6.45, 7) is 4.31. The second-order valence-corrected chi connectivity index (χ2v) is 9.20. The number of allylic oxidation sites excluding steroid dienone is 1. The van der Waals surface area contributed by atoms with Gasteiger partial charge in [-0.1, -0.05) is 47.2 Å². The fourth-order valence-corrected chi connectivity index (χ4v) is 4.83. The molecule has 0 aliphatic rings. The summed E-state index contributed by atoms with van der Waals surface area (Å²) < 4.78 is 12.7. The molecule has 2 aromatic heterocycles. The monoisotopic (exact) mass is 488 g/mol. The molecule has 1 amide bonds. The first kappa shape index (κ1) is 22.2. The highest BCUT2D eigenvalue weighted by molar-refractivity contribution is 7.22. The van der Waals surface area contributed by atoms with E-state index in [1.165, 1.54) is 11.3 Å². The number of nitrogens with one attached hydrogen (secondary N) is 1. The number of para-hydroxylation sites is 1. The van der Waals surface area contributed by atoms with Crippen LogP contribution in [-0.2, 0) is 4.79 Å². The van der Waals surface area contributed by atoms with E-state index in [0.29, 0.717) is 28.1 Å². The Morgan fingerprint density at radius 2 is 1.97 bits per heavy atom. The number of carbonyl (C=O) groups is 1. The average Bonchev–Trinajstić information content (AvgIpc) is 3.42. The maximum absolute atomic E-state index is 12.8. The Balaban J connectivity index is 1.50. The molecule has 7 heteroatoms. The van der Waals surface area contributed by atoms with Gasteiger partial charge in [-0.25, -0.2) is 4.98 Å². The molecule has 0 bridgehead atoms. The van der Waals surface area contributed by atoms with Gasteiger partial charge >= 0.3 is 0 Å². The van der Waals surface area contributed by atoms with Gasteiger partial charge in [-0.3, -0.25) is 10.1 Å². The molecule has 0 spiro atoms. The van der Waals surface area contributed by atoms with Crippen LogP contribution in [0.4, 0.5) is 5.13 Å². The van der Waals surface area contributed by atoms with Gasteiger partial charge in [0.2, 0.25) is 5.91 Å². The number of amides is 1. The maximum Gasteiger partial charge on any atom is 0.250 e. The first-order valence-electron chi connectivity index (χ1n) is 10.8. The van der Waals surface area contributed by atoms with Crippen molar-refractivity contribution in [1.82, 2.24) is 4.98 Å². The summed E-state index contributed by atoms with van der Waals surface area (Å²) in [6.07, 6.45) is 3.30. The Bertz CT molecular complexity index is 1500. The highest BCUT2D eigenvalue weighted by Crippen LogP contribution is 2.38. The molecule has 1 N–H and O–H groups in total. The highest BCUT2D eigenvalue weighted by atomic mass is 35.5. The lowest BCUT2D eigenvalue weighted by Crippen LogP contribution is -2.08. The molecule has 0 atom stereocenters. The lowest BCUT2D eigenvalue weighted by atomic mass is 9.99. The number of anilines is 1. The zero-order chi connectivity index (χ0) is 23.7. The topological polar surface area (TPSA) is 64.4 Å². The number of hydrogen-bond acceptors (Lipinski definition) is 5. The molecule has 0 aliphatic heterocycles. The van der Waals surface area contributed by atoms with Gasteiger partial charge < -0.3 is 9.15 Å². The molecule has 0 fully saturated rings. The minimum Gasteiger partial charge on any atom is -0.493 e. The number of rotatable bonds is 6. The van der Waals surface area contributed by atoms with Gasteiger partial charge in [-0.2, -0.15) is 0 Å². The van der Waals surface area contributed by atoms with Crippen LogP contribution in [0.25, 0.3) is 37.9 Å². The highest BCUT2D eigenvalue weighted by Gasteiger charge is 2.16. The van der Waals surface area contributed by atoms with E-state index in [2.05, 4.69) is 10.3 Å². The van der Waals surface area contributed by atoms with Crippen LogP contribution in [0.15, 0.2) is 77.4 Å². The molecule has 34 heavy (non-hydrogen) atoms. The van der Waals surface area contributed by atoms with Crippen molar-refractivity contribution >= 4 is 60.7 Å². The molecule has 0 unspecified atom stereocenters. The predicted octanol–water partition coefficient (Wildman–Crippen LogP) is 7.80. The molecule has 2 heterocycles. The Morgan fingerprint density at radius 1 is 1.18 bits per heavy atom. The number of halogens is 1. The molecule has 0 saturated carbocycles. The van der Waals surface area contributed by atoms with Crippen molar-refractivity contribution in [2.45, 2.75) is 13.8 Å². The first-order valence-corrected chi connectivity index (χ1v) is 12.0. The minimum atomic E-state index is -0.246. The van der Waals surface area contributed by atoms with Crippen molar-refractivity contribution in [2.75, 3.05) is 11.9 Å². The minimum absolute atomic E-state index is 0.246. The molecule has 0 saturated heterocycles. The summed E-state index contributed by atoms with van der Waals surface area (Å²) in [5.41, 5.74) is 5.11. The van der Waals surface area contributed by atoms with E-state index in [4.69, 9.17) is 20.8 Å². The number of benzene rings is 3. The van der Waals surface area contributed by atoms with E-state index in [-0.39, 0.29) is 5.91 Å². The fourth-order valence-electron chi connectivity index (χ4n) is 3.83. The summed E-state index contributed by atoms with van der Waals surface area (Å²) >= 11 is 7.50. The van der Waals surface area contributed by atoms with Crippen LogP contribution in [0.1, 0.15) is 19.4 Å². The first-order chi connectivity index (χ1) is 16.5. The van der Waals surface area contributed by atoms with Gasteiger partial charge in [0, 0.05) is 33.7 Å². The van der Waals surface area contributed by atoms with Gasteiger partial charge in [0.15, 0.2) is 5.13 Å². The van der Waals surface area contributed by atoms with Crippen LogP contribution < -0.4 is 10.1 Å². The number of nitrogens with zero attached hydrogens (tertiary/aromatic N) is 1. The quantitative estimate of drug-likeness (QED) is 0.247. The van der Waals surface area contributed by atoms with Crippen LogP contribution >= 0.6 is 22.9 Å². The van der Waals surface area contributed by atoms with Crippen LogP contribution in [0, 0.1) is 0 Å². The maximum atomic E-state index is 12.8. The molecular weight excluding hydrogens is 468 g/mol. The summed E-state index contributed by atoms with van der Waals surface area (Å²) in [5.74, 6) is 0.415. The normalized spacial score (nSPS) is 11.8. The van der Waals surface area contributed by atoms with Crippen molar-refractivity contribution in [3.8, 4) is 16.9 Å². The van der Waals surface area contributed by atoms with Crippen LogP contribution in [0.3, 0.4) is 0 Å². The zero-order valence-electron chi connectivity index (χ0n) is 18.6. The van der Waals surface area contributed by atoms with Crippen molar-refractivity contribution < 1.29 is 13.9 Å². The molecule has 170 valence electrons. The molecule has 0 aliphatic carbocycles. The van der Waals surface area contributed by atoms with E-state index >= 15 is 0 Å². The summed E-state index contributed by atoms with van der Waals surface area (Å²) in [6, 6.07) is 19.3. The largest absolute Gasteiger partial charge is 0.493 e. The lowest BCUT2D eigenvalue weighted by Gasteiger charge is -2.11. The van der Waals surface area contributed by atoms with Gasteiger partial charge in [0.05, 0.1) is 23.1 Å². The zero-order valence-corrected chi connectivity index (χ0v) is 20.2. The lowest BCUT2D eigenvalue weighted by molar-refractivity contribution is -0.111. The molecule has 0 radical (unpaired) electrons. The van der Waals surface area contributed by atoms with E-state index in [0.717, 1.165) is 37.9 Å². The van der Waals surface area contributed by atoms with Gasteiger partial charge in [0.25, 0.3) is 0 Å². The van der Waals surface area contributed by atoms with Gasteiger partial charge in [-0.05, 0) is 55.3 Å². The number of aromatic nitrogens is 1. The second kappa shape index (κ2) is 9.33. The number of fused-ring (bicyclic) bond motifs is 2. The van der Waals surface area contributed by atoms with Gasteiger partial charge in [0.1, 0.15) is 11.3 Å². The van der Waals surface area contributed by atoms with Crippen LogP contribution in [0.2, 0.25) is 5.02 Å². The summed E-state index contributed by atoms with van der Waals surface area (Å²) in [7, 11) is 0. The van der Waals surface area contributed by atoms with Crippen molar-refractivity contribution in [3.63, 3.8) is 0 Å². The summed E-state index contributed by atoms with van der Waals surface area (Å²) in [5, 5.41) is 5.05. The standard InChI is InChI=1S/C27H21ClN2O3S/c1-3-32-23-14-24-20(21(15-33-24)17-8-10-18(28)11-9-17)13-19(23)16(2)12-26(31)30-27-29-22-6-4-5-7-25(22)34-27/h4-15H,3H2,1-2H3,(H,29,30,31)/b16-12+. The summed E-state index contributed by atoms with van der Waals surface area (Å²) in [4.78, 5) is 17.3. The number of ether oxygens (including phenoxy) is 1. The third kappa shape index (κ3) is 4.42. The predicted molar refractivity (Wildman–Crippen MR) is 140 cm³/mol. The Kier molecular flexibility index (Phi) is 6.09. The van der Waals surface area contributed by atoms with Crippen LogP contribution in [0.5, 0.6) is 5.75 Å². The molecular formula is C27H21ClN2O3S. The smallest absolute Gasteiger partial charge is 0.250 e. The molecule has 5 rings (SSSR count). The van der Waals surface area contributed by atoms with E-state index in [1.54, 1.807) is 12.3 Å². The van der Waals surface area contributed by atoms with Crippen LogP contribution in [-0.4, -0.2) is 17.5 Å². The van der Waals surface area contributed by atoms with E-state index < -0.39 is 0 Å². The van der Waals surface area contributed by atoms with E-state index in [1.807, 2.05) is 74.5 Å². The molecule has 5 aromatic rings. The number of carbonyl (C=O) groups excluding carboxylic acids is 1. The number of hydrogen-bond donors (Lipinski definition) is 1. The number of furan rings is 1. The third-order valence-corrected chi connectivity index (χ3v) is 6.63. The molecule has 3 aromatic carbocycles.